The molecule has 28 heavy (non-hydrogen) atoms. The van der Waals surface area contributed by atoms with Crippen molar-refractivity contribution in [1.82, 2.24) is 10.6 Å². The molecule has 0 aromatic heterocycles. The van der Waals surface area contributed by atoms with E-state index in [1.807, 2.05) is 13.8 Å². The lowest BCUT2D eigenvalue weighted by Crippen LogP contribution is -2.37. The van der Waals surface area contributed by atoms with Gasteiger partial charge in [0.25, 0.3) is 5.91 Å². The maximum absolute atomic E-state index is 12.4. The molecule has 0 unspecified atom stereocenters. The molecule has 0 atom stereocenters. The van der Waals surface area contributed by atoms with E-state index in [-0.39, 0.29) is 31.3 Å². The number of ether oxygens (including phenoxy) is 5. The number of carbonyl (C=O) groups excluding carboxylic acids is 2. The van der Waals surface area contributed by atoms with Gasteiger partial charge in [0, 0.05) is 31.7 Å². The quantitative estimate of drug-likeness (QED) is 0.483. The monoisotopic (exact) mass is 398 g/mol. The van der Waals surface area contributed by atoms with Crippen LogP contribution in [0.2, 0.25) is 0 Å². The smallest absolute Gasteiger partial charge is 0.251 e. The summed E-state index contributed by atoms with van der Waals surface area (Å²) in [5.41, 5.74) is 0.336. The van der Waals surface area contributed by atoms with E-state index >= 15 is 0 Å². The molecule has 158 valence electrons. The highest BCUT2D eigenvalue weighted by atomic mass is 16.7. The first-order valence-corrected chi connectivity index (χ1v) is 9.08. The van der Waals surface area contributed by atoms with Crippen LogP contribution in [0.15, 0.2) is 12.1 Å². The Balaban J connectivity index is 2.55. The summed E-state index contributed by atoms with van der Waals surface area (Å²) in [6, 6.07) is 3.09. The van der Waals surface area contributed by atoms with Crippen LogP contribution in [0.3, 0.4) is 0 Å². The fourth-order valence-electron chi connectivity index (χ4n) is 2.43. The molecule has 0 saturated heterocycles. The topological polar surface area (TPSA) is 104 Å². The van der Waals surface area contributed by atoms with Gasteiger partial charge in [-0.05, 0) is 26.0 Å². The van der Waals surface area contributed by atoms with E-state index in [1.54, 1.807) is 12.1 Å². The van der Waals surface area contributed by atoms with E-state index in [4.69, 9.17) is 23.7 Å². The van der Waals surface area contributed by atoms with Crippen LogP contribution < -0.4 is 24.8 Å². The van der Waals surface area contributed by atoms with Gasteiger partial charge in [-0.1, -0.05) is 0 Å². The van der Waals surface area contributed by atoms with E-state index in [2.05, 4.69) is 10.6 Å². The minimum atomic E-state index is -0.479. The molecular formula is C19H30N2O7. The number of nitrogens with one attached hydrogen (secondary N) is 2. The average molecular weight is 398 g/mol. The number of rotatable bonds is 13. The molecule has 2 N–H and O–H groups in total. The number of hydrogen-bond donors (Lipinski definition) is 2. The van der Waals surface area contributed by atoms with Crippen molar-refractivity contribution < 1.29 is 33.3 Å². The normalized spacial score (nSPS) is 10.5. The molecule has 0 aliphatic carbocycles. The standard InChI is InChI=1S/C19H30N2O7/c1-6-27-17(28-7-2)12-21-16(22)8-9-20-19(23)13-10-14(24-3)18(26-5)15(11-13)25-4/h10-11,17H,6-9,12H2,1-5H3,(H,20,23)(H,21,22). The third kappa shape index (κ3) is 7.24. The predicted octanol–water partition coefficient (Wildman–Crippen LogP) is 1.35. The molecular weight excluding hydrogens is 368 g/mol. The summed E-state index contributed by atoms with van der Waals surface area (Å²) in [7, 11) is 4.43. The molecule has 0 spiro atoms. The van der Waals surface area contributed by atoms with Crippen LogP contribution in [0, 0.1) is 0 Å². The average Bonchev–Trinajstić information content (AvgIpc) is 2.70. The first-order chi connectivity index (χ1) is 13.5. The third-order valence-electron chi connectivity index (χ3n) is 3.74. The Labute approximate surface area is 165 Å². The highest BCUT2D eigenvalue weighted by Crippen LogP contribution is 2.38. The van der Waals surface area contributed by atoms with Crippen molar-refractivity contribution in [2.75, 3.05) is 47.6 Å². The molecule has 0 saturated carbocycles. The van der Waals surface area contributed by atoms with E-state index in [1.165, 1.54) is 21.3 Å². The van der Waals surface area contributed by atoms with Gasteiger partial charge in [0.15, 0.2) is 17.8 Å². The van der Waals surface area contributed by atoms with Crippen LogP contribution in [0.5, 0.6) is 17.2 Å². The van der Waals surface area contributed by atoms with Crippen molar-refractivity contribution >= 4 is 11.8 Å². The minimum absolute atomic E-state index is 0.126. The van der Waals surface area contributed by atoms with Gasteiger partial charge >= 0.3 is 0 Å². The third-order valence-corrected chi connectivity index (χ3v) is 3.74. The van der Waals surface area contributed by atoms with Crippen molar-refractivity contribution in [3.8, 4) is 17.2 Å². The Morgan fingerprint density at radius 3 is 1.96 bits per heavy atom. The maximum atomic E-state index is 12.4. The zero-order valence-corrected chi connectivity index (χ0v) is 17.1. The fourth-order valence-corrected chi connectivity index (χ4v) is 2.43. The molecule has 0 bridgehead atoms. The van der Waals surface area contributed by atoms with Gasteiger partial charge in [0.1, 0.15) is 0 Å². The Hall–Kier alpha value is -2.52. The zero-order valence-electron chi connectivity index (χ0n) is 17.1. The lowest BCUT2D eigenvalue weighted by atomic mass is 10.1. The van der Waals surface area contributed by atoms with Crippen molar-refractivity contribution in [2.45, 2.75) is 26.6 Å². The Morgan fingerprint density at radius 1 is 0.929 bits per heavy atom. The SMILES string of the molecule is CCOC(CNC(=O)CCNC(=O)c1cc(OC)c(OC)c(OC)c1)OCC. The minimum Gasteiger partial charge on any atom is -0.493 e. The van der Waals surface area contributed by atoms with Gasteiger partial charge in [-0.25, -0.2) is 0 Å². The Kier molecular flexibility index (Phi) is 10.7. The molecule has 0 fully saturated rings. The molecule has 2 amide bonds. The van der Waals surface area contributed by atoms with Gasteiger partial charge in [0.05, 0.1) is 27.9 Å². The first-order valence-electron chi connectivity index (χ1n) is 9.08. The first kappa shape index (κ1) is 23.5. The largest absolute Gasteiger partial charge is 0.493 e. The molecule has 1 aromatic rings. The second kappa shape index (κ2) is 12.8. The number of methoxy groups -OCH3 is 3. The summed E-state index contributed by atoms with van der Waals surface area (Å²) in [5.74, 6) is 0.590. The van der Waals surface area contributed by atoms with Crippen molar-refractivity contribution in [2.24, 2.45) is 0 Å². The molecule has 1 aromatic carbocycles. The molecule has 0 aliphatic heterocycles. The van der Waals surface area contributed by atoms with Crippen LogP contribution >= 0.6 is 0 Å². The Bertz CT molecular complexity index is 606. The summed E-state index contributed by atoms with van der Waals surface area (Å²) >= 11 is 0. The highest BCUT2D eigenvalue weighted by Gasteiger charge is 2.17. The van der Waals surface area contributed by atoms with E-state index < -0.39 is 6.29 Å². The molecule has 1 rings (SSSR count). The van der Waals surface area contributed by atoms with Crippen molar-refractivity contribution in [3.63, 3.8) is 0 Å². The van der Waals surface area contributed by atoms with Crippen LogP contribution in [0.4, 0.5) is 0 Å². The maximum Gasteiger partial charge on any atom is 0.251 e. The number of benzene rings is 1. The van der Waals surface area contributed by atoms with Crippen LogP contribution in [0.25, 0.3) is 0 Å². The lowest BCUT2D eigenvalue weighted by Gasteiger charge is -2.17. The van der Waals surface area contributed by atoms with Crippen LogP contribution in [-0.2, 0) is 14.3 Å². The van der Waals surface area contributed by atoms with E-state index in [9.17, 15) is 9.59 Å². The summed E-state index contributed by atoms with van der Waals surface area (Å²) in [6.45, 7) is 5.12. The number of amides is 2. The van der Waals surface area contributed by atoms with Crippen molar-refractivity contribution in [1.29, 1.82) is 0 Å². The summed E-state index contributed by atoms with van der Waals surface area (Å²) in [4.78, 5) is 24.3. The second-order valence-electron chi connectivity index (χ2n) is 5.56. The second-order valence-corrected chi connectivity index (χ2v) is 5.56. The van der Waals surface area contributed by atoms with Gasteiger partial charge in [0.2, 0.25) is 11.7 Å². The van der Waals surface area contributed by atoms with Gasteiger partial charge < -0.3 is 34.3 Å². The number of carbonyl (C=O) groups is 2. The Morgan fingerprint density at radius 2 is 1.50 bits per heavy atom. The lowest BCUT2D eigenvalue weighted by molar-refractivity contribution is -0.140. The van der Waals surface area contributed by atoms with Crippen LogP contribution in [-0.4, -0.2) is 65.7 Å². The van der Waals surface area contributed by atoms with Gasteiger partial charge in [-0.15, -0.1) is 0 Å². The molecule has 9 nitrogen and oxygen atoms in total. The van der Waals surface area contributed by atoms with Gasteiger partial charge in [-0.2, -0.15) is 0 Å². The summed E-state index contributed by atoms with van der Waals surface area (Å²) in [6.07, 6.45) is -0.353. The summed E-state index contributed by atoms with van der Waals surface area (Å²) in [5, 5.41) is 5.41. The van der Waals surface area contributed by atoms with Gasteiger partial charge in [-0.3, -0.25) is 9.59 Å². The molecule has 0 aliphatic rings. The van der Waals surface area contributed by atoms with E-state index in [0.717, 1.165) is 0 Å². The van der Waals surface area contributed by atoms with Crippen LogP contribution in [0.1, 0.15) is 30.6 Å². The number of hydrogen-bond acceptors (Lipinski definition) is 7. The van der Waals surface area contributed by atoms with Crippen molar-refractivity contribution in [3.05, 3.63) is 17.7 Å². The fraction of sp³-hybridized carbons (Fsp3) is 0.579. The molecule has 0 radical (unpaired) electrons. The predicted molar refractivity (Wildman–Crippen MR) is 103 cm³/mol. The zero-order chi connectivity index (χ0) is 20.9. The van der Waals surface area contributed by atoms with E-state index in [0.29, 0.717) is 36.0 Å². The molecule has 0 heterocycles. The highest BCUT2D eigenvalue weighted by molar-refractivity contribution is 5.95. The molecule has 9 heteroatoms. The summed E-state index contributed by atoms with van der Waals surface area (Å²) < 4.78 is 26.4.